The minimum absolute atomic E-state index is 0.153. The Morgan fingerprint density at radius 1 is 1.00 bits per heavy atom. The fourth-order valence-corrected chi connectivity index (χ4v) is 4.82. The third-order valence-corrected chi connectivity index (χ3v) is 6.45. The maximum absolute atomic E-state index is 13.4. The van der Waals surface area contributed by atoms with Crippen molar-refractivity contribution in [1.82, 2.24) is 9.88 Å². The van der Waals surface area contributed by atoms with Crippen LogP contribution >= 0.6 is 0 Å². The largest absolute Gasteiger partial charge is 0.504 e. The topological polar surface area (TPSA) is 95.0 Å². The van der Waals surface area contributed by atoms with Crippen LogP contribution in [0.5, 0.6) is 23.0 Å². The molecule has 1 atom stereocenters. The minimum atomic E-state index is -0.323. The van der Waals surface area contributed by atoms with Gasteiger partial charge >= 0.3 is 0 Å². The van der Waals surface area contributed by atoms with Gasteiger partial charge in [-0.1, -0.05) is 30.3 Å². The van der Waals surface area contributed by atoms with Gasteiger partial charge in [0.2, 0.25) is 12.7 Å². The van der Waals surface area contributed by atoms with Crippen molar-refractivity contribution in [1.29, 1.82) is 0 Å². The number of amides is 1. The minimum Gasteiger partial charge on any atom is -0.504 e. The maximum atomic E-state index is 13.4. The van der Waals surface area contributed by atoms with E-state index >= 15 is 0 Å². The number of aromatic hydroxyl groups is 2. The molecule has 2 aliphatic rings. The molecule has 6 rings (SSSR count). The van der Waals surface area contributed by atoms with E-state index in [2.05, 4.69) is 11.1 Å². The molecule has 0 aliphatic carbocycles. The van der Waals surface area contributed by atoms with Crippen LogP contribution in [0.3, 0.4) is 0 Å². The number of rotatable bonds is 3. The lowest BCUT2D eigenvalue weighted by Gasteiger charge is -2.35. The number of phenolic OH excluding ortho intramolecular Hbond substituents is 2. The van der Waals surface area contributed by atoms with Gasteiger partial charge in [0.25, 0.3) is 0 Å². The molecule has 0 spiro atoms. The van der Waals surface area contributed by atoms with Crippen molar-refractivity contribution in [3.05, 3.63) is 89.1 Å². The van der Waals surface area contributed by atoms with Crippen molar-refractivity contribution in [3.63, 3.8) is 0 Å². The number of carbonyl (C=O) groups is 1. The lowest BCUT2D eigenvalue weighted by Crippen LogP contribution is -2.39. The monoisotopic (exact) mass is 454 g/mol. The van der Waals surface area contributed by atoms with Gasteiger partial charge in [-0.25, -0.2) is 0 Å². The number of benzene rings is 3. The van der Waals surface area contributed by atoms with Crippen LogP contribution in [-0.2, 0) is 11.2 Å². The summed E-state index contributed by atoms with van der Waals surface area (Å²) >= 11 is 0. The number of aromatic amines is 1. The third-order valence-electron chi connectivity index (χ3n) is 6.45. The summed E-state index contributed by atoms with van der Waals surface area (Å²) in [6, 6.07) is 18.1. The Labute approximate surface area is 195 Å². The molecule has 34 heavy (non-hydrogen) atoms. The molecule has 3 N–H and O–H groups in total. The van der Waals surface area contributed by atoms with Crippen LogP contribution in [0.15, 0.2) is 66.7 Å². The molecule has 0 saturated carbocycles. The van der Waals surface area contributed by atoms with E-state index in [0.717, 1.165) is 23.2 Å². The van der Waals surface area contributed by atoms with Crippen LogP contribution in [0, 0.1) is 0 Å². The smallest absolute Gasteiger partial charge is 0.247 e. The average Bonchev–Trinajstić information content (AvgIpc) is 3.47. The quantitative estimate of drug-likeness (QED) is 0.313. The number of hydrogen-bond donors (Lipinski definition) is 3. The summed E-state index contributed by atoms with van der Waals surface area (Å²) < 4.78 is 11.1. The van der Waals surface area contributed by atoms with Gasteiger partial charge in [0, 0.05) is 29.2 Å². The number of carbonyl (C=O) groups excluding carboxylic acids is 1. The van der Waals surface area contributed by atoms with Gasteiger partial charge < -0.3 is 29.6 Å². The second-order valence-corrected chi connectivity index (χ2v) is 8.44. The molecular weight excluding hydrogens is 432 g/mol. The Morgan fingerprint density at radius 3 is 2.74 bits per heavy atom. The summed E-state index contributed by atoms with van der Waals surface area (Å²) in [4.78, 5) is 18.8. The van der Waals surface area contributed by atoms with E-state index in [4.69, 9.17) is 9.47 Å². The molecule has 0 bridgehead atoms. The standard InChI is InChI=1S/C27H22N2O5/c30-21-8-5-16(13-22(21)31)6-10-25(32)29-12-11-19-18-3-1-2-4-20(18)28-26(19)27(29)17-7-9-23-24(14-17)34-15-33-23/h1-10,13-14,27-28,30-31H,11-12,15H2/b10-6+. The summed E-state index contributed by atoms with van der Waals surface area (Å²) in [6.45, 7) is 0.740. The number of H-pyrrole nitrogens is 1. The predicted molar refractivity (Wildman–Crippen MR) is 127 cm³/mol. The fraction of sp³-hybridized carbons (Fsp3) is 0.148. The molecule has 0 saturated heterocycles. The zero-order valence-electron chi connectivity index (χ0n) is 18.2. The third kappa shape index (κ3) is 3.33. The molecule has 1 unspecified atom stereocenters. The van der Waals surface area contributed by atoms with E-state index in [-0.39, 0.29) is 30.2 Å². The Morgan fingerprint density at radius 2 is 1.85 bits per heavy atom. The molecule has 7 heteroatoms. The highest BCUT2D eigenvalue weighted by Gasteiger charge is 2.34. The van der Waals surface area contributed by atoms with Gasteiger partial charge in [-0.15, -0.1) is 0 Å². The van der Waals surface area contributed by atoms with Crippen molar-refractivity contribution < 1.29 is 24.5 Å². The van der Waals surface area contributed by atoms with Crippen LogP contribution in [0.2, 0.25) is 0 Å². The van der Waals surface area contributed by atoms with E-state index in [1.54, 1.807) is 12.1 Å². The number of nitrogens with zero attached hydrogens (tertiary/aromatic N) is 1. The van der Waals surface area contributed by atoms with Gasteiger partial charge in [-0.3, -0.25) is 4.79 Å². The number of nitrogens with one attached hydrogen (secondary N) is 1. The van der Waals surface area contributed by atoms with E-state index < -0.39 is 0 Å². The first-order chi connectivity index (χ1) is 16.6. The van der Waals surface area contributed by atoms with E-state index in [0.29, 0.717) is 23.6 Å². The van der Waals surface area contributed by atoms with Crippen molar-refractivity contribution >= 4 is 22.9 Å². The second kappa shape index (κ2) is 7.88. The zero-order valence-corrected chi connectivity index (χ0v) is 18.2. The molecule has 1 aromatic heterocycles. The molecule has 3 aromatic carbocycles. The van der Waals surface area contributed by atoms with Crippen molar-refractivity contribution in [3.8, 4) is 23.0 Å². The number of ether oxygens (including phenoxy) is 2. The van der Waals surface area contributed by atoms with Crippen molar-refractivity contribution in [2.24, 2.45) is 0 Å². The molecular formula is C27H22N2O5. The molecule has 1 amide bonds. The predicted octanol–water partition coefficient (Wildman–Crippen LogP) is 4.50. The Balaban J connectivity index is 1.41. The van der Waals surface area contributed by atoms with Crippen LogP contribution in [-0.4, -0.2) is 39.3 Å². The fourth-order valence-electron chi connectivity index (χ4n) is 4.82. The van der Waals surface area contributed by atoms with Crippen LogP contribution < -0.4 is 9.47 Å². The Kier molecular flexibility index (Phi) is 4.69. The van der Waals surface area contributed by atoms with Crippen LogP contribution in [0.4, 0.5) is 0 Å². The van der Waals surface area contributed by atoms with Gasteiger partial charge in [-0.05, 0) is 59.5 Å². The first kappa shape index (κ1) is 20.2. The molecule has 0 radical (unpaired) electrons. The SMILES string of the molecule is O=C(/C=C/c1ccc(O)c(O)c1)N1CCc2c([nH]c3ccccc23)C1c1ccc2c(c1)OCO2. The normalized spacial score (nSPS) is 16.8. The number of fused-ring (bicyclic) bond motifs is 4. The first-order valence-corrected chi connectivity index (χ1v) is 11.1. The average molecular weight is 454 g/mol. The highest BCUT2D eigenvalue weighted by Crippen LogP contribution is 2.42. The molecule has 4 aromatic rings. The van der Waals surface area contributed by atoms with E-state index in [9.17, 15) is 15.0 Å². The van der Waals surface area contributed by atoms with E-state index in [1.807, 2.05) is 41.3 Å². The van der Waals surface area contributed by atoms with E-state index in [1.165, 1.54) is 29.2 Å². The first-order valence-electron chi connectivity index (χ1n) is 11.1. The number of para-hydroxylation sites is 1. The number of hydrogen-bond acceptors (Lipinski definition) is 5. The summed E-state index contributed by atoms with van der Waals surface area (Å²) in [5.41, 5.74) is 4.81. The van der Waals surface area contributed by atoms with Crippen molar-refractivity contribution in [2.75, 3.05) is 13.3 Å². The highest BCUT2D eigenvalue weighted by molar-refractivity contribution is 5.93. The zero-order chi connectivity index (χ0) is 23.2. The number of aromatic nitrogens is 1. The van der Waals surface area contributed by atoms with Crippen molar-refractivity contribution in [2.45, 2.75) is 12.5 Å². The van der Waals surface area contributed by atoms with Gasteiger partial charge in [0.05, 0.1) is 6.04 Å². The van der Waals surface area contributed by atoms with Gasteiger partial charge in [0.15, 0.2) is 23.0 Å². The summed E-state index contributed by atoms with van der Waals surface area (Å²) in [5, 5.41) is 20.5. The van der Waals surface area contributed by atoms with Crippen LogP contribution in [0.25, 0.3) is 17.0 Å². The summed E-state index contributed by atoms with van der Waals surface area (Å²) in [7, 11) is 0. The summed E-state index contributed by atoms with van der Waals surface area (Å²) in [6.07, 6.45) is 3.87. The van der Waals surface area contributed by atoms with Gasteiger partial charge in [0.1, 0.15) is 0 Å². The molecule has 170 valence electrons. The Hall–Kier alpha value is -4.39. The number of phenols is 2. The second-order valence-electron chi connectivity index (χ2n) is 8.44. The Bertz CT molecular complexity index is 1450. The molecule has 2 aliphatic heterocycles. The lowest BCUT2D eigenvalue weighted by atomic mass is 9.92. The molecule has 3 heterocycles. The summed E-state index contributed by atoms with van der Waals surface area (Å²) in [5.74, 6) is 0.784. The molecule has 7 nitrogen and oxygen atoms in total. The maximum Gasteiger partial charge on any atom is 0.247 e. The lowest BCUT2D eigenvalue weighted by molar-refractivity contribution is -0.128. The highest BCUT2D eigenvalue weighted by atomic mass is 16.7. The molecule has 0 fully saturated rings. The van der Waals surface area contributed by atoms with Crippen LogP contribution in [0.1, 0.15) is 28.4 Å². The van der Waals surface area contributed by atoms with Gasteiger partial charge in [-0.2, -0.15) is 0 Å².